The summed E-state index contributed by atoms with van der Waals surface area (Å²) in [6.07, 6.45) is 6.33. The van der Waals surface area contributed by atoms with E-state index in [1.54, 1.807) is 0 Å². The summed E-state index contributed by atoms with van der Waals surface area (Å²) in [7, 11) is -4.02. The molecule has 38 heavy (non-hydrogen) atoms. The van der Waals surface area contributed by atoms with Gasteiger partial charge >= 0.3 is 0 Å². The summed E-state index contributed by atoms with van der Waals surface area (Å²) in [5, 5.41) is 5.80. The Bertz CT molecular complexity index is 1310. The molecule has 1 aromatic carbocycles. The number of nitrogens with one attached hydrogen (secondary N) is 2. The predicted octanol–water partition coefficient (Wildman–Crippen LogP) is 4.22. The third-order valence-electron chi connectivity index (χ3n) is 7.54. The van der Waals surface area contributed by atoms with Crippen LogP contribution in [-0.2, 0) is 32.6 Å². The lowest BCUT2D eigenvalue weighted by atomic mass is 9.86. The molecule has 1 aliphatic carbocycles. The normalized spacial score (nSPS) is 23.1. The maximum absolute atomic E-state index is 13.4. The van der Waals surface area contributed by atoms with Gasteiger partial charge in [0.15, 0.2) is 4.21 Å². The zero-order chi connectivity index (χ0) is 26.9. The molecule has 0 radical (unpaired) electrons. The first-order valence-corrected chi connectivity index (χ1v) is 16.5. The fourth-order valence-corrected chi connectivity index (χ4v) is 10.4. The molecule has 2 amide bonds. The number of carbonyl (C=O) groups excluding carboxylic acids is 2. The number of likely N-dealkylation sites (tertiary alicyclic amines) is 1. The average molecular weight is 644 g/mol. The van der Waals surface area contributed by atoms with E-state index in [1.807, 2.05) is 0 Å². The van der Waals surface area contributed by atoms with E-state index in [1.165, 1.54) is 36.5 Å². The first-order valence-electron chi connectivity index (χ1n) is 13.1. The Balaban J connectivity index is 1.28. The van der Waals surface area contributed by atoms with Crippen molar-refractivity contribution in [3.63, 3.8) is 0 Å². The van der Waals surface area contributed by atoms with Crippen molar-refractivity contribution < 1.29 is 18.0 Å². The third kappa shape index (κ3) is 6.13. The lowest BCUT2D eigenvalue weighted by Gasteiger charge is -2.34. The number of halogens is 2. The highest BCUT2D eigenvalue weighted by atomic mass is 79.9. The van der Waals surface area contributed by atoms with E-state index >= 15 is 0 Å². The van der Waals surface area contributed by atoms with Crippen LogP contribution < -0.4 is 10.6 Å². The molecule has 206 valence electrons. The number of benzene rings is 1. The smallest absolute Gasteiger partial charge is 0.254 e. The molecular weight excluding hydrogens is 612 g/mol. The van der Waals surface area contributed by atoms with Crippen LogP contribution in [0.3, 0.4) is 0 Å². The van der Waals surface area contributed by atoms with Crippen LogP contribution in [0.2, 0.25) is 4.34 Å². The molecule has 2 aromatic rings. The number of piperazine rings is 1. The van der Waals surface area contributed by atoms with Gasteiger partial charge in [-0.2, -0.15) is 4.31 Å². The molecule has 0 saturated carbocycles. The van der Waals surface area contributed by atoms with E-state index in [0.717, 1.165) is 60.1 Å². The zero-order valence-electron chi connectivity index (χ0n) is 21.0. The Morgan fingerprint density at radius 1 is 1.16 bits per heavy atom. The number of nitrogens with zero attached hydrogens (tertiary/aromatic N) is 2. The van der Waals surface area contributed by atoms with Gasteiger partial charge in [0.1, 0.15) is 6.04 Å². The van der Waals surface area contributed by atoms with Crippen molar-refractivity contribution in [2.24, 2.45) is 0 Å². The first-order chi connectivity index (χ1) is 18.2. The molecule has 2 N–H and O–H groups in total. The van der Waals surface area contributed by atoms with Crippen LogP contribution >= 0.6 is 38.9 Å². The second kappa shape index (κ2) is 11.9. The Kier molecular flexibility index (Phi) is 8.81. The number of rotatable bonds is 7. The zero-order valence-corrected chi connectivity index (χ0v) is 25.0. The first kappa shape index (κ1) is 28.0. The number of aryl methyl sites for hydroxylation is 1. The van der Waals surface area contributed by atoms with Crippen LogP contribution in [0.5, 0.6) is 0 Å². The summed E-state index contributed by atoms with van der Waals surface area (Å²) < 4.78 is 28.7. The maximum Gasteiger partial charge on any atom is 0.254 e. The summed E-state index contributed by atoms with van der Waals surface area (Å²) in [4.78, 5) is 28.5. The van der Waals surface area contributed by atoms with Crippen molar-refractivity contribution in [2.75, 3.05) is 26.2 Å². The SMILES string of the molecule is O=C(C[C@@H]1C(=O)NCCN1S(=O)(=O)c1sc(Cl)cc1Br)N[C@@H]1CCCc2cc(CN3CCCCC3)ccc21. The van der Waals surface area contributed by atoms with E-state index in [2.05, 4.69) is 49.7 Å². The van der Waals surface area contributed by atoms with Crippen LogP contribution in [-0.4, -0.2) is 61.7 Å². The van der Waals surface area contributed by atoms with E-state index in [9.17, 15) is 18.0 Å². The van der Waals surface area contributed by atoms with Crippen molar-refractivity contribution in [1.29, 1.82) is 0 Å². The summed E-state index contributed by atoms with van der Waals surface area (Å²) in [5.74, 6) is -0.814. The topological polar surface area (TPSA) is 98.8 Å². The van der Waals surface area contributed by atoms with Crippen LogP contribution in [0.15, 0.2) is 32.9 Å². The number of thiophene rings is 1. The van der Waals surface area contributed by atoms with E-state index in [-0.39, 0.29) is 35.7 Å². The highest BCUT2D eigenvalue weighted by Gasteiger charge is 2.41. The van der Waals surface area contributed by atoms with Crippen molar-refractivity contribution in [2.45, 2.75) is 67.8 Å². The average Bonchev–Trinajstić information content (AvgIpc) is 3.24. The molecule has 2 atom stereocenters. The van der Waals surface area contributed by atoms with Gasteiger partial charge in [0.2, 0.25) is 11.8 Å². The van der Waals surface area contributed by atoms with Crippen LogP contribution in [0.25, 0.3) is 0 Å². The van der Waals surface area contributed by atoms with E-state index in [4.69, 9.17) is 11.6 Å². The number of fused-ring (bicyclic) bond motifs is 1. The Morgan fingerprint density at radius 2 is 1.95 bits per heavy atom. The minimum atomic E-state index is -4.02. The van der Waals surface area contributed by atoms with E-state index in [0.29, 0.717) is 8.81 Å². The molecular formula is C26H32BrClN4O4S2. The van der Waals surface area contributed by atoms with Gasteiger partial charge in [-0.1, -0.05) is 36.2 Å². The van der Waals surface area contributed by atoms with Gasteiger partial charge in [-0.15, -0.1) is 11.3 Å². The lowest BCUT2D eigenvalue weighted by molar-refractivity contribution is -0.132. The molecule has 2 aliphatic heterocycles. The van der Waals surface area contributed by atoms with Crippen LogP contribution in [0, 0.1) is 0 Å². The highest BCUT2D eigenvalue weighted by molar-refractivity contribution is 9.10. The fourth-order valence-electron chi connectivity index (χ4n) is 5.70. The monoisotopic (exact) mass is 642 g/mol. The number of hydrogen-bond donors (Lipinski definition) is 2. The van der Waals surface area contributed by atoms with Gasteiger partial charge in [0, 0.05) is 19.6 Å². The summed E-state index contributed by atoms with van der Waals surface area (Å²) in [6.45, 7) is 3.52. The number of piperidine rings is 1. The number of sulfonamides is 1. The fraction of sp³-hybridized carbons (Fsp3) is 0.538. The lowest BCUT2D eigenvalue weighted by Crippen LogP contribution is -2.58. The van der Waals surface area contributed by atoms with Gasteiger partial charge < -0.3 is 10.6 Å². The third-order valence-corrected chi connectivity index (χ3v) is 12.4. The van der Waals surface area contributed by atoms with Gasteiger partial charge in [-0.3, -0.25) is 14.5 Å². The van der Waals surface area contributed by atoms with Gasteiger partial charge in [0.05, 0.1) is 21.3 Å². The quantitative estimate of drug-likeness (QED) is 0.471. The van der Waals surface area contributed by atoms with Gasteiger partial charge in [-0.05, 0) is 83.9 Å². The predicted molar refractivity (Wildman–Crippen MR) is 152 cm³/mol. The minimum Gasteiger partial charge on any atom is -0.353 e. The highest BCUT2D eigenvalue weighted by Crippen LogP contribution is 2.37. The molecule has 0 bridgehead atoms. The van der Waals surface area contributed by atoms with E-state index < -0.39 is 22.0 Å². The minimum absolute atomic E-state index is 0.0316. The molecule has 2 saturated heterocycles. The Morgan fingerprint density at radius 3 is 2.68 bits per heavy atom. The summed E-state index contributed by atoms with van der Waals surface area (Å²) in [5.41, 5.74) is 3.68. The molecule has 8 nitrogen and oxygen atoms in total. The van der Waals surface area contributed by atoms with Crippen LogP contribution in [0.4, 0.5) is 0 Å². The summed E-state index contributed by atoms with van der Waals surface area (Å²) in [6, 6.07) is 6.79. The summed E-state index contributed by atoms with van der Waals surface area (Å²) >= 11 is 10.2. The van der Waals surface area contributed by atoms with Crippen molar-refractivity contribution in [3.8, 4) is 0 Å². The van der Waals surface area contributed by atoms with Crippen LogP contribution in [0.1, 0.15) is 61.3 Å². The Labute approximate surface area is 241 Å². The molecule has 3 heterocycles. The number of hydrogen-bond acceptors (Lipinski definition) is 6. The molecule has 3 aliphatic rings. The van der Waals surface area contributed by atoms with Gasteiger partial charge in [-0.25, -0.2) is 8.42 Å². The largest absolute Gasteiger partial charge is 0.353 e. The standard InChI is InChI=1S/C26H32BrClN4O4S2/c27-20-14-23(28)37-26(20)38(35,36)32-12-9-29-25(34)22(32)15-24(33)30-21-6-4-5-18-13-17(7-8-19(18)21)16-31-10-2-1-3-11-31/h7-8,13-14,21-22H,1-6,9-12,15-16H2,(H,29,34)(H,30,33)/t21-,22-/m1/s1. The van der Waals surface area contributed by atoms with Crippen molar-refractivity contribution in [3.05, 3.63) is 49.8 Å². The molecule has 2 fully saturated rings. The molecule has 5 rings (SSSR count). The number of carbonyl (C=O) groups is 2. The molecule has 12 heteroatoms. The van der Waals surface area contributed by atoms with Crippen molar-refractivity contribution in [1.82, 2.24) is 19.8 Å². The molecule has 0 spiro atoms. The second-order valence-corrected chi connectivity index (χ2v) is 14.8. The number of amides is 2. The maximum atomic E-state index is 13.4. The van der Waals surface area contributed by atoms with Crippen molar-refractivity contribution >= 4 is 60.7 Å². The molecule has 1 aromatic heterocycles. The molecule has 0 unspecified atom stereocenters. The second-order valence-electron chi connectivity index (χ2n) is 10.2. The Hall–Kier alpha value is -1.50. The van der Waals surface area contributed by atoms with Gasteiger partial charge in [0.25, 0.3) is 10.0 Å².